The zero-order valence-electron chi connectivity index (χ0n) is 11.4. The quantitative estimate of drug-likeness (QED) is 0.876. The van der Waals surface area contributed by atoms with Gasteiger partial charge in [-0.25, -0.2) is 0 Å². The van der Waals surface area contributed by atoms with Crippen molar-refractivity contribution in [3.05, 3.63) is 28.2 Å². The van der Waals surface area contributed by atoms with E-state index in [0.717, 1.165) is 11.0 Å². The van der Waals surface area contributed by atoms with Crippen LogP contribution in [0.2, 0.25) is 0 Å². The maximum Gasteiger partial charge on any atom is 0.115 e. The van der Waals surface area contributed by atoms with Gasteiger partial charge in [-0.1, -0.05) is 28.8 Å². The molecule has 1 spiro atoms. The van der Waals surface area contributed by atoms with Crippen LogP contribution >= 0.6 is 15.9 Å². The Morgan fingerprint density at radius 2 is 1.79 bits per heavy atom. The summed E-state index contributed by atoms with van der Waals surface area (Å²) < 4.78 is 1.10. The van der Waals surface area contributed by atoms with E-state index in [2.05, 4.69) is 20.8 Å². The van der Waals surface area contributed by atoms with Crippen molar-refractivity contribution < 1.29 is 5.11 Å². The highest BCUT2D eigenvalue weighted by molar-refractivity contribution is 9.10. The monoisotopic (exact) mass is 323 g/mol. The summed E-state index contributed by atoms with van der Waals surface area (Å²) in [5, 5.41) is 9.60. The molecule has 104 valence electrons. The first-order valence-electron chi connectivity index (χ1n) is 7.37. The van der Waals surface area contributed by atoms with Gasteiger partial charge in [0.1, 0.15) is 5.75 Å². The minimum Gasteiger partial charge on any atom is -0.508 e. The minimum atomic E-state index is 0.363. The van der Waals surface area contributed by atoms with Gasteiger partial charge in [0.05, 0.1) is 0 Å². The fourth-order valence-electron chi connectivity index (χ4n) is 3.73. The van der Waals surface area contributed by atoms with Crippen molar-refractivity contribution in [2.75, 3.05) is 13.1 Å². The smallest absolute Gasteiger partial charge is 0.115 e. The predicted octanol–water partition coefficient (Wildman–Crippen LogP) is 4.31. The van der Waals surface area contributed by atoms with Gasteiger partial charge in [0.15, 0.2) is 0 Å². The van der Waals surface area contributed by atoms with Crippen molar-refractivity contribution in [1.29, 1.82) is 0 Å². The van der Waals surface area contributed by atoms with E-state index in [4.69, 9.17) is 0 Å². The molecule has 0 aromatic heterocycles. The van der Waals surface area contributed by atoms with Gasteiger partial charge in [-0.2, -0.15) is 0 Å². The molecule has 2 aliphatic rings. The summed E-state index contributed by atoms with van der Waals surface area (Å²) in [7, 11) is 0. The molecule has 0 bridgehead atoms. The van der Waals surface area contributed by atoms with E-state index in [9.17, 15) is 5.11 Å². The third-order valence-electron chi connectivity index (χ3n) is 5.00. The second-order valence-electron chi connectivity index (χ2n) is 6.26. The van der Waals surface area contributed by atoms with Gasteiger partial charge in [0, 0.05) is 11.0 Å². The highest BCUT2D eigenvalue weighted by Crippen LogP contribution is 2.46. The summed E-state index contributed by atoms with van der Waals surface area (Å²) in [4.78, 5) is 2.53. The second kappa shape index (κ2) is 5.45. The van der Waals surface area contributed by atoms with Crippen LogP contribution in [0.5, 0.6) is 5.75 Å². The van der Waals surface area contributed by atoms with Gasteiger partial charge in [0.25, 0.3) is 0 Å². The Balaban J connectivity index is 1.61. The molecule has 3 heteroatoms. The summed E-state index contributed by atoms with van der Waals surface area (Å²) in [5.41, 5.74) is 1.88. The van der Waals surface area contributed by atoms with Crippen LogP contribution in [0.4, 0.5) is 0 Å². The number of hydrogen-bond donors (Lipinski definition) is 1. The molecule has 0 amide bonds. The van der Waals surface area contributed by atoms with Crippen LogP contribution < -0.4 is 0 Å². The average molecular weight is 324 g/mol. The van der Waals surface area contributed by atoms with Crippen LogP contribution in [0.25, 0.3) is 0 Å². The zero-order chi connectivity index (χ0) is 13.3. The molecule has 0 unspecified atom stereocenters. The lowest BCUT2D eigenvalue weighted by molar-refractivity contribution is 0.103. The topological polar surface area (TPSA) is 23.5 Å². The van der Waals surface area contributed by atoms with Crippen molar-refractivity contribution >= 4 is 15.9 Å². The normalized spacial score (nSPS) is 23.0. The molecule has 1 N–H and O–H groups in total. The third-order valence-corrected chi connectivity index (χ3v) is 5.78. The van der Waals surface area contributed by atoms with Crippen LogP contribution in [0, 0.1) is 5.41 Å². The number of benzene rings is 1. The Hall–Kier alpha value is -0.540. The number of aromatic hydroxyl groups is 1. The molecule has 19 heavy (non-hydrogen) atoms. The van der Waals surface area contributed by atoms with Crippen LogP contribution in [-0.4, -0.2) is 23.1 Å². The van der Waals surface area contributed by atoms with E-state index in [1.165, 1.54) is 57.2 Å². The fraction of sp³-hybridized carbons (Fsp3) is 0.625. The molecule has 0 atom stereocenters. The van der Waals surface area contributed by atoms with Crippen LogP contribution in [0.3, 0.4) is 0 Å². The maximum absolute atomic E-state index is 9.60. The number of rotatable bonds is 2. The maximum atomic E-state index is 9.60. The number of hydrogen-bond acceptors (Lipinski definition) is 2. The van der Waals surface area contributed by atoms with Crippen molar-refractivity contribution in [2.45, 2.75) is 45.1 Å². The van der Waals surface area contributed by atoms with Gasteiger partial charge >= 0.3 is 0 Å². The number of nitrogens with zero attached hydrogens (tertiary/aromatic N) is 1. The molecular formula is C16H22BrNO. The van der Waals surface area contributed by atoms with Gasteiger partial charge in [-0.05, 0) is 68.0 Å². The van der Waals surface area contributed by atoms with E-state index >= 15 is 0 Å². The summed E-state index contributed by atoms with van der Waals surface area (Å²) in [5.74, 6) is 0.363. The molecule has 1 aromatic carbocycles. The number of phenols is 1. The summed E-state index contributed by atoms with van der Waals surface area (Å²) in [6, 6.07) is 5.55. The number of likely N-dealkylation sites (tertiary alicyclic amines) is 1. The second-order valence-corrected chi connectivity index (χ2v) is 7.11. The molecule has 2 nitrogen and oxygen atoms in total. The van der Waals surface area contributed by atoms with Crippen LogP contribution in [0.15, 0.2) is 22.7 Å². The lowest BCUT2D eigenvalue weighted by Gasteiger charge is -2.39. The Kier molecular flexibility index (Phi) is 3.86. The summed E-state index contributed by atoms with van der Waals surface area (Å²) in [6.45, 7) is 3.37. The SMILES string of the molecule is Oc1ccc(Br)c(CN2CCC3(CCCC3)CC2)c1. The Morgan fingerprint density at radius 3 is 2.47 bits per heavy atom. The lowest BCUT2D eigenvalue weighted by Crippen LogP contribution is -2.38. The van der Waals surface area contributed by atoms with E-state index in [1.807, 2.05) is 12.1 Å². The molecule has 1 aliphatic carbocycles. The number of phenolic OH excluding ortho intramolecular Hbond substituents is 1. The van der Waals surface area contributed by atoms with Crippen LogP contribution in [-0.2, 0) is 6.54 Å². The Labute approximate surface area is 123 Å². The highest BCUT2D eigenvalue weighted by Gasteiger charge is 2.36. The van der Waals surface area contributed by atoms with E-state index in [0.29, 0.717) is 11.2 Å². The standard InChI is InChI=1S/C16H22BrNO/c17-15-4-3-14(19)11-13(15)12-18-9-7-16(8-10-18)5-1-2-6-16/h3-4,11,19H,1-2,5-10,12H2. The number of piperidine rings is 1. The Morgan fingerprint density at radius 1 is 1.11 bits per heavy atom. The van der Waals surface area contributed by atoms with Crippen molar-refractivity contribution in [3.63, 3.8) is 0 Å². The summed E-state index contributed by atoms with van der Waals surface area (Å²) in [6.07, 6.45) is 8.52. The minimum absolute atomic E-state index is 0.363. The molecule has 1 saturated carbocycles. The summed E-state index contributed by atoms with van der Waals surface area (Å²) >= 11 is 3.58. The average Bonchev–Trinajstić information content (AvgIpc) is 2.85. The highest BCUT2D eigenvalue weighted by atomic mass is 79.9. The van der Waals surface area contributed by atoms with Crippen molar-refractivity contribution in [1.82, 2.24) is 4.90 Å². The van der Waals surface area contributed by atoms with E-state index in [-0.39, 0.29) is 0 Å². The molecule has 1 aromatic rings. The molecule has 1 saturated heterocycles. The largest absolute Gasteiger partial charge is 0.508 e. The first-order valence-corrected chi connectivity index (χ1v) is 8.16. The van der Waals surface area contributed by atoms with Gasteiger partial charge in [-0.15, -0.1) is 0 Å². The molecule has 0 radical (unpaired) electrons. The fourth-order valence-corrected chi connectivity index (χ4v) is 4.11. The van der Waals surface area contributed by atoms with Crippen molar-refractivity contribution in [2.24, 2.45) is 5.41 Å². The zero-order valence-corrected chi connectivity index (χ0v) is 13.0. The molecular weight excluding hydrogens is 302 g/mol. The number of halogens is 1. The molecule has 3 rings (SSSR count). The van der Waals surface area contributed by atoms with Gasteiger partial charge in [-0.3, -0.25) is 4.90 Å². The van der Waals surface area contributed by atoms with Crippen LogP contribution in [0.1, 0.15) is 44.1 Å². The van der Waals surface area contributed by atoms with Crippen molar-refractivity contribution in [3.8, 4) is 5.75 Å². The first kappa shape index (κ1) is 13.4. The molecule has 1 heterocycles. The Bertz CT molecular complexity index is 444. The van der Waals surface area contributed by atoms with Gasteiger partial charge in [0.2, 0.25) is 0 Å². The first-order chi connectivity index (χ1) is 9.17. The van der Waals surface area contributed by atoms with E-state index in [1.54, 1.807) is 6.07 Å². The molecule has 1 aliphatic heterocycles. The third kappa shape index (κ3) is 2.97. The molecule has 2 fully saturated rings. The lowest BCUT2D eigenvalue weighted by atomic mass is 9.77. The van der Waals surface area contributed by atoms with E-state index < -0.39 is 0 Å². The predicted molar refractivity (Wildman–Crippen MR) is 81.2 cm³/mol. The van der Waals surface area contributed by atoms with Gasteiger partial charge < -0.3 is 5.11 Å².